The second kappa shape index (κ2) is 8.05. The standard InChI is InChI=1S/C26H17ClN2O4/c1-31-18-10-11-19-21(12-18)32-26(30)23-22(20(13-28)25(29)33-24(19)23)16-4-2-14(3-5-16)15-6-8-17(27)9-7-15/h2-12,22H,29H2,1H3. The van der Waals surface area contributed by atoms with Crippen molar-refractivity contribution in [2.75, 3.05) is 7.11 Å². The third-order valence-electron chi connectivity index (χ3n) is 5.70. The zero-order chi connectivity index (χ0) is 23.1. The van der Waals surface area contributed by atoms with Gasteiger partial charge in [-0.15, -0.1) is 0 Å². The molecule has 3 aromatic carbocycles. The van der Waals surface area contributed by atoms with E-state index in [0.717, 1.165) is 16.7 Å². The zero-order valence-electron chi connectivity index (χ0n) is 17.5. The predicted molar refractivity (Wildman–Crippen MR) is 125 cm³/mol. The summed E-state index contributed by atoms with van der Waals surface area (Å²) in [6, 6.07) is 22.3. The lowest BCUT2D eigenvalue weighted by Crippen LogP contribution is -2.26. The highest BCUT2D eigenvalue weighted by molar-refractivity contribution is 6.30. The molecule has 1 aliphatic heterocycles. The Labute approximate surface area is 194 Å². The van der Waals surface area contributed by atoms with Gasteiger partial charge >= 0.3 is 5.63 Å². The van der Waals surface area contributed by atoms with E-state index in [2.05, 4.69) is 6.07 Å². The van der Waals surface area contributed by atoms with E-state index in [0.29, 0.717) is 21.7 Å². The van der Waals surface area contributed by atoms with Crippen molar-refractivity contribution in [2.45, 2.75) is 5.92 Å². The number of methoxy groups -OCH3 is 1. The monoisotopic (exact) mass is 456 g/mol. The normalized spacial score (nSPS) is 15.0. The van der Waals surface area contributed by atoms with Gasteiger partial charge in [-0.25, -0.2) is 4.79 Å². The first-order valence-corrected chi connectivity index (χ1v) is 10.5. The predicted octanol–water partition coefficient (Wildman–Crippen LogP) is 5.34. The van der Waals surface area contributed by atoms with Crippen LogP contribution in [0.4, 0.5) is 0 Å². The van der Waals surface area contributed by atoms with E-state index in [1.165, 1.54) is 7.11 Å². The second-order valence-electron chi connectivity index (χ2n) is 7.55. The summed E-state index contributed by atoms with van der Waals surface area (Å²) in [7, 11) is 1.53. The molecule has 162 valence electrons. The van der Waals surface area contributed by atoms with Crippen LogP contribution in [0.1, 0.15) is 17.0 Å². The van der Waals surface area contributed by atoms with Gasteiger partial charge in [-0.1, -0.05) is 48.0 Å². The molecule has 0 fully saturated rings. The topological polar surface area (TPSA) is 98.5 Å². The molecule has 0 aliphatic carbocycles. The minimum atomic E-state index is -0.722. The van der Waals surface area contributed by atoms with Crippen LogP contribution in [-0.4, -0.2) is 7.11 Å². The van der Waals surface area contributed by atoms with Gasteiger partial charge in [0.1, 0.15) is 23.0 Å². The molecule has 2 heterocycles. The molecular weight excluding hydrogens is 440 g/mol. The van der Waals surface area contributed by atoms with Crippen molar-refractivity contribution in [3.8, 4) is 28.7 Å². The Kier molecular flexibility index (Phi) is 5.04. The Hall–Kier alpha value is -4.21. The minimum Gasteiger partial charge on any atom is -0.497 e. The average molecular weight is 457 g/mol. The summed E-state index contributed by atoms with van der Waals surface area (Å²) >= 11 is 5.99. The molecule has 7 heteroatoms. The van der Waals surface area contributed by atoms with E-state index in [4.69, 9.17) is 31.2 Å². The summed E-state index contributed by atoms with van der Waals surface area (Å²) < 4.78 is 16.6. The number of benzene rings is 3. The molecule has 0 saturated carbocycles. The van der Waals surface area contributed by atoms with Crippen molar-refractivity contribution in [2.24, 2.45) is 5.73 Å². The lowest BCUT2D eigenvalue weighted by molar-refractivity contribution is 0.387. The summed E-state index contributed by atoms with van der Waals surface area (Å²) in [5, 5.41) is 11.0. The van der Waals surface area contributed by atoms with E-state index in [1.807, 2.05) is 48.5 Å². The van der Waals surface area contributed by atoms with Gasteiger partial charge in [0.15, 0.2) is 5.75 Å². The molecule has 4 aromatic rings. The lowest BCUT2D eigenvalue weighted by atomic mass is 9.83. The maximum absolute atomic E-state index is 13.1. The van der Waals surface area contributed by atoms with E-state index < -0.39 is 11.5 Å². The van der Waals surface area contributed by atoms with E-state index in [9.17, 15) is 10.1 Å². The molecule has 0 spiro atoms. The molecule has 1 aromatic heterocycles. The van der Waals surface area contributed by atoms with Gasteiger partial charge in [0.05, 0.1) is 24.0 Å². The molecule has 6 nitrogen and oxygen atoms in total. The van der Waals surface area contributed by atoms with Crippen molar-refractivity contribution < 1.29 is 13.9 Å². The first-order valence-electron chi connectivity index (χ1n) is 10.1. The van der Waals surface area contributed by atoms with Crippen LogP contribution < -0.4 is 20.8 Å². The SMILES string of the molecule is COc1ccc2c3c(c(=O)oc2c1)C(c1ccc(-c2ccc(Cl)cc2)cc1)C(C#N)=C(N)O3. The molecule has 33 heavy (non-hydrogen) atoms. The molecule has 1 atom stereocenters. The number of nitrogens with zero attached hydrogens (tertiary/aromatic N) is 1. The molecule has 0 bridgehead atoms. The number of fused-ring (bicyclic) bond motifs is 3. The van der Waals surface area contributed by atoms with Crippen LogP contribution >= 0.6 is 11.6 Å². The molecule has 0 amide bonds. The van der Waals surface area contributed by atoms with Gasteiger partial charge in [-0.05, 0) is 41.0 Å². The third-order valence-corrected chi connectivity index (χ3v) is 5.95. The summed E-state index contributed by atoms with van der Waals surface area (Å²) in [5.41, 5.74) is 8.91. The maximum atomic E-state index is 13.1. The Morgan fingerprint density at radius 1 is 1.03 bits per heavy atom. The van der Waals surface area contributed by atoms with Gasteiger partial charge < -0.3 is 19.6 Å². The smallest absolute Gasteiger partial charge is 0.344 e. The summed E-state index contributed by atoms with van der Waals surface area (Å²) in [4.78, 5) is 13.1. The van der Waals surface area contributed by atoms with Crippen LogP contribution in [0.2, 0.25) is 5.02 Å². The van der Waals surface area contributed by atoms with Crippen LogP contribution in [-0.2, 0) is 0 Å². The summed E-state index contributed by atoms with van der Waals surface area (Å²) in [6.45, 7) is 0. The highest BCUT2D eigenvalue weighted by atomic mass is 35.5. The number of ether oxygens (including phenoxy) is 2. The number of nitrogens with two attached hydrogens (primary N) is 1. The molecule has 2 N–H and O–H groups in total. The fourth-order valence-electron chi connectivity index (χ4n) is 4.07. The number of rotatable bonds is 3. The second-order valence-corrected chi connectivity index (χ2v) is 7.98. The Morgan fingerprint density at radius 3 is 2.33 bits per heavy atom. The van der Waals surface area contributed by atoms with Crippen molar-refractivity contribution in [3.05, 3.63) is 105 Å². The third kappa shape index (κ3) is 3.49. The fourth-order valence-corrected chi connectivity index (χ4v) is 4.19. The van der Waals surface area contributed by atoms with Crippen molar-refractivity contribution >= 4 is 22.6 Å². The highest BCUT2D eigenvalue weighted by Gasteiger charge is 2.35. The maximum Gasteiger partial charge on any atom is 0.344 e. The van der Waals surface area contributed by atoms with Gasteiger partial charge in [0, 0.05) is 11.1 Å². The van der Waals surface area contributed by atoms with Crippen LogP contribution in [0, 0.1) is 11.3 Å². The summed E-state index contributed by atoms with van der Waals surface area (Å²) in [5.74, 6) is 0.0596. The van der Waals surface area contributed by atoms with Crippen molar-refractivity contribution in [1.29, 1.82) is 5.26 Å². The van der Waals surface area contributed by atoms with Crippen LogP contribution in [0.5, 0.6) is 11.5 Å². The van der Waals surface area contributed by atoms with Crippen molar-refractivity contribution in [1.82, 2.24) is 0 Å². The fraction of sp³-hybridized carbons (Fsp3) is 0.0769. The number of nitriles is 1. The molecule has 0 saturated heterocycles. The molecule has 1 unspecified atom stereocenters. The molecule has 5 rings (SSSR count). The highest BCUT2D eigenvalue weighted by Crippen LogP contribution is 2.44. The molecule has 1 aliphatic rings. The van der Waals surface area contributed by atoms with Crippen LogP contribution in [0.25, 0.3) is 22.1 Å². The Morgan fingerprint density at radius 2 is 1.70 bits per heavy atom. The molecular formula is C26H17ClN2O4. The summed E-state index contributed by atoms with van der Waals surface area (Å²) in [6.07, 6.45) is 0. The van der Waals surface area contributed by atoms with Gasteiger partial charge in [-0.3, -0.25) is 0 Å². The lowest BCUT2D eigenvalue weighted by Gasteiger charge is -2.26. The molecule has 0 radical (unpaired) electrons. The average Bonchev–Trinajstić information content (AvgIpc) is 2.83. The van der Waals surface area contributed by atoms with Gasteiger partial charge in [0.25, 0.3) is 0 Å². The first-order chi connectivity index (χ1) is 16.0. The van der Waals surface area contributed by atoms with Crippen molar-refractivity contribution in [3.63, 3.8) is 0 Å². The number of hydrogen-bond acceptors (Lipinski definition) is 6. The number of halogens is 1. The van der Waals surface area contributed by atoms with E-state index in [1.54, 1.807) is 18.2 Å². The number of hydrogen-bond donors (Lipinski definition) is 1. The van der Waals surface area contributed by atoms with E-state index in [-0.39, 0.29) is 22.8 Å². The van der Waals surface area contributed by atoms with Crippen LogP contribution in [0.3, 0.4) is 0 Å². The van der Waals surface area contributed by atoms with Crippen LogP contribution in [0.15, 0.2) is 87.4 Å². The zero-order valence-corrected chi connectivity index (χ0v) is 18.2. The first kappa shape index (κ1) is 20.7. The Bertz CT molecular complexity index is 1510. The quantitative estimate of drug-likeness (QED) is 0.418. The number of allylic oxidation sites excluding steroid dienone is 1. The largest absolute Gasteiger partial charge is 0.497 e. The van der Waals surface area contributed by atoms with Gasteiger partial charge in [-0.2, -0.15) is 5.26 Å². The van der Waals surface area contributed by atoms with Gasteiger partial charge in [0.2, 0.25) is 5.88 Å². The van der Waals surface area contributed by atoms with E-state index >= 15 is 0 Å². The minimum absolute atomic E-state index is 0.0421. The Balaban J connectivity index is 1.67.